The Balaban J connectivity index is 1.59. The second-order valence-corrected chi connectivity index (χ2v) is 7.12. The van der Waals surface area contributed by atoms with E-state index in [0.29, 0.717) is 12.5 Å². The van der Waals surface area contributed by atoms with Crippen molar-refractivity contribution in [1.29, 1.82) is 0 Å². The van der Waals surface area contributed by atoms with Crippen molar-refractivity contribution in [3.63, 3.8) is 0 Å². The minimum Gasteiger partial charge on any atom is -0.378 e. The highest BCUT2D eigenvalue weighted by atomic mass is 16.2. The first-order valence-electron chi connectivity index (χ1n) is 8.90. The lowest BCUT2D eigenvalue weighted by atomic mass is 10.0. The highest BCUT2D eigenvalue weighted by molar-refractivity contribution is 5.74. The summed E-state index contributed by atoms with van der Waals surface area (Å²) in [5.41, 5.74) is 4.66. The highest BCUT2D eigenvalue weighted by Crippen LogP contribution is 2.41. The molecular weight excluding hydrogens is 310 g/mol. The average molecular weight is 337 g/mol. The molecule has 0 radical (unpaired) electrons. The molecule has 4 heteroatoms. The summed E-state index contributed by atoms with van der Waals surface area (Å²) in [6.07, 6.45) is 2.37. The van der Waals surface area contributed by atoms with Crippen molar-refractivity contribution in [3.8, 4) is 0 Å². The first-order chi connectivity index (χ1) is 12.0. The van der Waals surface area contributed by atoms with Crippen molar-refractivity contribution in [2.45, 2.75) is 32.4 Å². The van der Waals surface area contributed by atoms with E-state index in [1.165, 1.54) is 24.0 Å². The number of aryl methyl sites for hydroxylation is 1. The lowest BCUT2D eigenvalue weighted by molar-refractivity contribution is 0.235. The van der Waals surface area contributed by atoms with Gasteiger partial charge in [-0.3, -0.25) is 0 Å². The van der Waals surface area contributed by atoms with Crippen LogP contribution in [0.4, 0.5) is 10.5 Å². The van der Waals surface area contributed by atoms with Crippen LogP contribution in [0.25, 0.3) is 0 Å². The van der Waals surface area contributed by atoms with Crippen molar-refractivity contribution in [3.05, 3.63) is 65.2 Å². The Morgan fingerprint density at radius 1 is 1.16 bits per heavy atom. The average Bonchev–Trinajstić information content (AvgIpc) is 3.44. The zero-order valence-corrected chi connectivity index (χ0v) is 15.3. The van der Waals surface area contributed by atoms with E-state index >= 15 is 0 Å². The molecule has 0 heterocycles. The Morgan fingerprint density at radius 2 is 1.88 bits per heavy atom. The highest BCUT2D eigenvalue weighted by Gasteiger charge is 2.33. The summed E-state index contributed by atoms with van der Waals surface area (Å²) in [5, 5.41) is 6.15. The summed E-state index contributed by atoms with van der Waals surface area (Å²) in [6.45, 7) is 2.61. The largest absolute Gasteiger partial charge is 0.378 e. The van der Waals surface area contributed by atoms with Crippen LogP contribution < -0.4 is 15.5 Å². The van der Waals surface area contributed by atoms with Gasteiger partial charge in [-0.05, 0) is 48.9 Å². The van der Waals surface area contributed by atoms with E-state index in [4.69, 9.17) is 0 Å². The van der Waals surface area contributed by atoms with Crippen LogP contribution in [0.1, 0.15) is 35.6 Å². The van der Waals surface area contributed by atoms with Gasteiger partial charge >= 0.3 is 6.03 Å². The van der Waals surface area contributed by atoms with Gasteiger partial charge < -0.3 is 15.5 Å². The van der Waals surface area contributed by atoms with Gasteiger partial charge in [-0.2, -0.15) is 0 Å². The number of nitrogens with zero attached hydrogens (tertiary/aromatic N) is 1. The van der Waals surface area contributed by atoms with Gasteiger partial charge in [0.2, 0.25) is 0 Å². The number of hydrogen-bond donors (Lipinski definition) is 2. The molecule has 0 bridgehead atoms. The molecule has 3 rings (SSSR count). The normalized spacial score (nSPS) is 14.7. The first-order valence-corrected chi connectivity index (χ1v) is 8.90. The third-order valence-corrected chi connectivity index (χ3v) is 4.70. The molecule has 2 aromatic rings. The van der Waals surface area contributed by atoms with Crippen LogP contribution in [0.5, 0.6) is 0 Å². The van der Waals surface area contributed by atoms with E-state index in [1.807, 2.05) is 26.2 Å². The monoisotopic (exact) mass is 337 g/mol. The summed E-state index contributed by atoms with van der Waals surface area (Å²) < 4.78 is 0. The second-order valence-electron chi connectivity index (χ2n) is 7.12. The van der Waals surface area contributed by atoms with E-state index in [-0.39, 0.29) is 12.1 Å². The minimum atomic E-state index is -0.104. The standard InChI is InChI=1S/C21H27N3O/c1-15-7-9-17(10-8-15)20(18-11-12-18)23-21(25)22-14-16-5-4-6-19(13-16)24(2)3/h4-10,13,18,20H,11-12,14H2,1-3H3,(H2,22,23,25). The summed E-state index contributed by atoms with van der Waals surface area (Å²) in [5.74, 6) is 0.561. The number of anilines is 1. The minimum absolute atomic E-state index is 0.104. The maximum Gasteiger partial charge on any atom is 0.315 e. The Bertz CT molecular complexity index is 720. The molecule has 4 nitrogen and oxygen atoms in total. The number of carbonyl (C=O) groups is 1. The number of amides is 2. The lowest BCUT2D eigenvalue weighted by Gasteiger charge is -2.20. The van der Waals surface area contributed by atoms with Gasteiger partial charge in [0, 0.05) is 26.3 Å². The predicted molar refractivity (Wildman–Crippen MR) is 103 cm³/mol. The maximum atomic E-state index is 12.4. The van der Waals surface area contributed by atoms with E-state index in [1.54, 1.807) is 0 Å². The molecule has 0 aliphatic heterocycles. The summed E-state index contributed by atoms with van der Waals surface area (Å²) in [4.78, 5) is 14.4. The van der Waals surface area contributed by atoms with Gasteiger partial charge in [-0.15, -0.1) is 0 Å². The molecular formula is C21H27N3O. The molecule has 0 spiro atoms. The molecule has 2 amide bonds. The van der Waals surface area contributed by atoms with Crippen LogP contribution in [0.2, 0.25) is 0 Å². The SMILES string of the molecule is Cc1ccc(C(NC(=O)NCc2cccc(N(C)C)c2)C2CC2)cc1. The number of urea groups is 1. The molecule has 132 valence electrons. The van der Waals surface area contributed by atoms with Crippen LogP contribution >= 0.6 is 0 Å². The molecule has 2 N–H and O–H groups in total. The predicted octanol–water partition coefficient (Wildman–Crippen LogP) is 4.01. The van der Waals surface area contributed by atoms with Crippen LogP contribution in [0, 0.1) is 12.8 Å². The van der Waals surface area contributed by atoms with Gasteiger partial charge in [0.05, 0.1) is 6.04 Å². The third-order valence-electron chi connectivity index (χ3n) is 4.70. The van der Waals surface area contributed by atoms with Crippen LogP contribution in [-0.4, -0.2) is 20.1 Å². The molecule has 2 aromatic carbocycles. The molecule has 1 unspecified atom stereocenters. The Hall–Kier alpha value is -2.49. The smallest absolute Gasteiger partial charge is 0.315 e. The topological polar surface area (TPSA) is 44.4 Å². The number of rotatable bonds is 6. The molecule has 1 aliphatic rings. The fourth-order valence-corrected chi connectivity index (χ4v) is 3.00. The van der Waals surface area contributed by atoms with Crippen molar-refractivity contribution < 1.29 is 4.79 Å². The van der Waals surface area contributed by atoms with E-state index in [0.717, 1.165) is 11.3 Å². The summed E-state index contributed by atoms with van der Waals surface area (Å²) in [7, 11) is 4.03. The molecule has 1 fully saturated rings. The van der Waals surface area contributed by atoms with E-state index in [9.17, 15) is 4.79 Å². The van der Waals surface area contributed by atoms with Gasteiger partial charge in [0.25, 0.3) is 0 Å². The lowest BCUT2D eigenvalue weighted by Crippen LogP contribution is -2.38. The van der Waals surface area contributed by atoms with Gasteiger partial charge in [0.15, 0.2) is 0 Å². The summed E-state index contributed by atoms with van der Waals surface area (Å²) >= 11 is 0. The van der Waals surface area contributed by atoms with Gasteiger partial charge in [-0.25, -0.2) is 4.79 Å². The van der Waals surface area contributed by atoms with Crippen molar-refractivity contribution in [1.82, 2.24) is 10.6 Å². The number of benzene rings is 2. The molecule has 0 saturated heterocycles. The number of nitrogens with one attached hydrogen (secondary N) is 2. The molecule has 0 aromatic heterocycles. The first kappa shape index (κ1) is 17.3. The molecule has 1 aliphatic carbocycles. The molecule has 25 heavy (non-hydrogen) atoms. The van der Waals surface area contributed by atoms with E-state index < -0.39 is 0 Å². The van der Waals surface area contributed by atoms with Gasteiger partial charge in [0.1, 0.15) is 0 Å². The Kier molecular flexibility index (Phi) is 5.27. The fourth-order valence-electron chi connectivity index (χ4n) is 3.00. The Labute approximate surface area is 150 Å². The van der Waals surface area contributed by atoms with Crippen LogP contribution in [-0.2, 0) is 6.54 Å². The Morgan fingerprint density at radius 3 is 2.52 bits per heavy atom. The summed E-state index contributed by atoms with van der Waals surface area (Å²) in [6, 6.07) is 16.7. The zero-order valence-electron chi connectivity index (χ0n) is 15.3. The maximum absolute atomic E-state index is 12.4. The van der Waals surface area contributed by atoms with Crippen LogP contribution in [0.3, 0.4) is 0 Å². The molecule has 1 saturated carbocycles. The fraction of sp³-hybridized carbons (Fsp3) is 0.381. The zero-order chi connectivity index (χ0) is 17.8. The van der Waals surface area contributed by atoms with Crippen molar-refractivity contribution in [2.75, 3.05) is 19.0 Å². The number of hydrogen-bond acceptors (Lipinski definition) is 2. The second kappa shape index (κ2) is 7.60. The van der Waals surface area contributed by atoms with Crippen molar-refractivity contribution >= 4 is 11.7 Å². The van der Waals surface area contributed by atoms with Gasteiger partial charge in [-0.1, -0.05) is 42.0 Å². The van der Waals surface area contributed by atoms with Crippen molar-refractivity contribution in [2.24, 2.45) is 5.92 Å². The molecule has 1 atom stereocenters. The number of carbonyl (C=O) groups excluding carboxylic acids is 1. The third kappa shape index (κ3) is 4.75. The quantitative estimate of drug-likeness (QED) is 0.836. The van der Waals surface area contributed by atoms with E-state index in [2.05, 4.69) is 58.9 Å². The van der Waals surface area contributed by atoms with Crippen LogP contribution in [0.15, 0.2) is 48.5 Å².